The minimum Gasteiger partial charge on any atom is -0.453 e. The van der Waals surface area contributed by atoms with Crippen LogP contribution >= 0.6 is 11.3 Å². The molecule has 0 unspecified atom stereocenters. The summed E-state index contributed by atoms with van der Waals surface area (Å²) in [5, 5.41) is 3.49. The van der Waals surface area contributed by atoms with E-state index in [1.807, 2.05) is 6.92 Å². The van der Waals surface area contributed by atoms with Gasteiger partial charge in [0.1, 0.15) is 10.8 Å². The average Bonchev–Trinajstić information content (AvgIpc) is 2.81. The van der Waals surface area contributed by atoms with Gasteiger partial charge in [0, 0.05) is 23.4 Å². The van der Waals surface area contributed by atoms with Crippen molar-refractivity contribution in [2.75, 3.05) is 13.7 Å². The lowest BCUT2D eigenvalue weighted by atomic mass is 10.2. The predicted molar refractivity (Wildman–Crippen MR) is 76.4 cm³/mol. The molecule has 20 heavy (non-hydrogen) atoms. The summed E-state index contributed by atoms with van der Waals surface area (Å²) in [4.78, 5) is 16.5. The number of nitrogens with zero attached hydrogens (tertiary/aromatic N) is 1. The summed E-state index contributed by atoms with van der Waals surface area (Å²) in [7, 11) is 1.33. The van der Waals surface area contributed by atoms with E-state index in [9.17, 15) is 9.18 Å². The first-order valence-corrected chi connectivity index (χ1v) is 6.96. The summed E-state index contributed by atoms with van der Waals surface area (Å²) in [6, 6.07) is 6.27. The lowest BCUT2D eigenvalue weighted by molar-refractivity contribution is 0.171. The van der Waals surface area contributed by atoms with E-state index >= 15 is 0 Å². The number of halogens is 1. The van der Waals surface area contributed by atoms with Crippen LogP contribution in [-0.2, 0) is 11.2 Å². The highest BCUT2D eigenvalue weighted by molar-refractivity contribution is 7.15. The van der Waals surface area contributed by atoms with E-state index < -0.39 is 6.09 Å². The summed E-state index contributed by atoms with van der Waals surface area (Å²) >= 11 is 1.55. The smallest absolute Gasteiger partial charge is 0.406 e. The fraction of sp³-hybridized carbons (Fsp3) is 0.286. The zero-order valence-corrected chi connectivity index (χ0v) is 12.1. The monoisotopic (exact) mass is 294 g/mol. The number of thiazole rings is 1. The quantitative estimate of drug-likeness (QED) is 0.942. The van der Waals surface area contributed by atoms with E-state index in [0.29, 0.717) is 13.0 Å². The molecule has 1 N–H and O–H groups in total. The minimum atomic E-state index is -0.439. The van der Waals surface area contributed by atoms with Crippen LogP contribution in [0.5, 0.6) is 0 Å². The molecule has 0 spiro atoms. The van der Waals surface area contributed by atoms with Gasteiger partial charge in [0.05, 0.1) is 12.8 Å². The van der Waals surface area contributed by atoms with Crippen LogP contribution in [0, 0.1) is 12.7 Å². The molecule has 1 amide bonds. The number of ether oxygens (including phenoxy) is 1. The van der Waals surface area contributed by atoms with Gasteiger partial charge in [0.15, 0.2) is 0 Å². The zero-order chi connectivity index (χ0) is 14.5. The van der Waals surface area contributed by atoms with Crippen molar-refractivity contribution in [2.24, 2.45) is 0 Å². The van der Waals surface area contributed by atoms with E-state index in [4.69, 9.17) is 0 Å². The Hall–Kier alpha value is -1.95. The molecule has 0 aliphatic rings. The van der Waals surface area contributed by atoms with Gasteiger partial charge in [-0.1, -0.05) is 0 Å². The number of hydrogen-bond donors (Lipinski definition) is 1. The fourth-order valence-corrected chi connectivity index (χ4v) is 2.79. The van der Waals surface area contributed by atoms with Crippen molar-refractivity contribution in [3.05, 3.63) is 40.7 Å². The number of methoxy groups -OCH3 is 1. The van der Waals surface area contributed by atoms with Crippen molar-refractivity contribution in [1.82, 2.24) is 10.3 Å². The highest BCUT2D eigenvalue weighted by Gasteiger charge is 2.10. The summed E-state index contributed by atoms with van der Waals surface area (Å²) in [6.07, 6.45) is 0.255. The van der Waals surface area contributed by atoms with E-state index in [-0.39, 0.29) is 5.82 Å². The van der Waals surface area contributed by atoms with E-state index in [1.54, 1.807) is 23.5 Å². The molecule has 1 heterocycles. The number of alkyl carbamates (subject to hydrolysis) is 1. The van der Waals surface area contributed by atoms with E-state index in [2.05, 4.69) is 15.0 Å². The van der Waals surface area contributed by atoms with Gasteiger partial charge >= 0.3 is 6.09 Å². The Labute approximate surface area is 120 Å². The standard InChI is InChI=1S/C14H15FN2O2S/c1-9-12(7-8-16-14(18)19-2)20-13(17-9)10-3-5-11(15)6-4-10/h3-6H,7-8H2,1-2H3,(H,16,18). The second-order valence-corrected chi connectivity index (χ2v) is 5.29. The van der Waals surface area contributed by atoms with Crippen molar-refractivity contribution in [2.45, 2.75) is 13.3 Å². The second kappa shape index (κ2) is 6.47. The number of aryl methyl sites for hydroxylation is 1. The SMILES string of the molecule is COC(=O)NCCc1sc(-c2ccc(F)cc2)nc1C. The van der Waals surface area contributed by atoms with Gasteiger partial charge < -0.3 is 10.1 Å². The molecule has 1 aromatic heterocycles. The number of benzene rings is 1. The van der Waals surface area contributed by atoms with Gasteiger partial charge in [-0.15, -0.1) is 11.3 Å². The molecular weight excluding hydrogens is 279 g/mol. The Morgan fingerprint density at radius 3 is 2.75 bits per heavy atom. The molecule has 106 valence electrons. The molecule has 0 radical (unpaired) electrons. The first-order valence-electron chi connectivity index (χ1n) is 6.14. The first kappa shape index (κ1) is 14.5. The predicted octanol–water partition coefficient (Wildman–Crippen LogP) is 3.16. The summed E-state index contributed by atoms with van der Waals surface area (Å²) < 4.78 is 17.4. The third kappa shape index (κ3) is 3.54. The van der Waals surface area contributed by atoms with Gasteiger partial charge in [-0.25, -0.2) is 14.2 Å². The van der Waals surface area contributed by atoms with E-state index in [1.165, 1.54) is 19.2 Å². The van der Waals surface area contributed by atoms with Crippen LogP contribution in [-0.4, -0.2) is 24.7 Å². The van der Waals surface area contributed by atoms with Crippen molar-refractivity contribution in [3.8, 4) is 10.6 Å². The zero-order valence-electron chi connectivity index (χ0n) is 11.3. The molecule has 0 saturated heterocycles. The number of rotatable bonds is 4. The van der Waals surface area contributed by atoms with Crippen LogP contribution in [0.25, 0.3) is 10.6 Å². The topological polar surface area (TPSA) is 51.2 Å². The van der Waals surface area contributed by atoms with Crippen molar-refractivity contribution < 1.29 is 13.9 Å². The number of amides is 1. The highest BCUT2D eigenvalue weighted by atomic mass is 32.1. The molecule has 0 aliphatic heterocycles. The molecular formula is C14H15FN2O2S. The maximum atomic E-state index is 12.9. The van der Waals surface area contributed by atoms with Crippen LogP contribution in [0.3, 0.4) is 0 Å². The lowest BCUT2D eigenvalue weighted by Gasteiger charge is -2.01. The molecule has 0 aliphatic carbocycles. The largest absolute Gasteiger partial charge is 0.453 e. The van der Waals surface area contributed by atoms with Crippen LogP contribution in [0.1, 0.15) is 10.6 Å². The third-order valence-electron chi connectivity index (χ3n) is 2.79. The number of nitrogens with one attached hydrogen (secondary N) is 1. The molecule has 4 nitrogen and oxygen atoms in total. The first-order chi connectivity index (χ1) is 9.60. The van der Waals surface area contributed by atoms with Gasteiger partial charge in [-0.3, -0.25) is 0 Å². The van der Waals surface area contributed by atoms with Gasteiger partial charge in [0.2, 0.25) is 0 Å². The summed E-state index contributed by atoms with van der Waals surface area (Å²) in [5.41, 5.74) is 1.83. The van der Waals surface area contributed by atoms with Gasteiger partial charge in [0.25, 0.3) is 0 Å². The lowest BCUT2D eigenvalue weighted by Crippen LogP contribution is -2.25. The number of hydrogen-bond acceptors (Lipinski definition) is 4. The Kier molecular flexibility index (Phi) is 4.68. The van der Waals surface area contributed by atoms with Crippen molar-refractivity contribution >= 4 is 17.4 Å². The van der Waals surface area contributed by atoms with E-state index in [0.717, 1.165) is 21.1 Å². The van der Waals surface area contributed by atoms with Crippen LogP contribution in [0.2, 0.25) is 0 Å². The number of aromatic nitrogens is 1. The normalized spacial score (nSPS) is 10.3. The fourth-order valence-electron chi connectivity index (χ4n) is 1.73. The van der Waals surface area contributed by atoms with Gasteiger partial charge in [-0.05, 0) is 31.2 Å². The molecule has 0 fully saturated rings. The minimum absolute atomic E-state index is 0.260. The summed E-state index contributed by atoms with van der Waals surface area (Å²) in [5.74, 6) is -0.260. The Balaban J connectivity index is 2.05. The number of carbonyl (C=O) groups is 1. The molecule has 6 heteroatoms. The second-order valence-electron chi connectivity index (χ2n) is 4.20. The molecule has 0 atom stereocenters. The van der Waals surface area contributed by atoms with Crippen LogP contribution in [0.4, 0.5) is 9.18 Å². The maximum absolute atomic E-state index is 12.9. The van der Waals surface area contributed by atoms with Crippen molar-refractivity contribution in [3.63, 3.8) is 0 Å². The summed E-state index contributed by atoms with van der Waals surface area (Å²) in [6.45, 7) is 2.43. The third-order valence-corrected chi connectivity index (χ3v) is 4.06. The van der Waals surface area contributed by atoms with Crippen LogP contribution < -0.4 is 5.32 Å². The maximum Gasteiger partial charge on any atom is 0.406 e. The van der Waals surface area contributed by atoms with Gasteiger partial charge in [-0.2, -0.15) is 0 Å². The molecule has 2 aromatic rings. The highest BCUT2D eigenvalue weighted by Crippen LogP contribution is 2.28. The Morgan fingerprint density at radius 2 is 2.10 bits per heavy atom. The van der Waals surface area contributed by atoms with Crippen molar-refractivity contribution in [1.29, 1.82) is 0 Å². The molecule has 2 rings (SSSR count). The Morgan fingerprint density at radius 1 is 1.40 bits per heavy atom. The van der Waals surface area contributed by atoms with Crippen LogP contribution in [0.15, 0.2) is 24.3 Å². The average molecular weight is 294 g/mol. The molecule has 0 saturated carbocycles. The molecule has 1 aromatic carbocycles. The number of carbonyl (C=O) groups excluding carboxylic acids is 1. The molecule has 0 bridgehead atoms. The Bertz CT molecular complexity index is 596.